The molecule has 2 aromatic rings. The lowest BCUT2D eigenvalue weighted by Gasteiger charge is -2.38. The summed E-state index contributed by atoms with van der Waals surface area (Å²) in [6.45, 7) is 6.40. The van der Waals surface area contributed by atoms with Crippen molar-refractivity contribution in [3.63, 3.8) is 0 Å². The molecule has 2 heterocycles. The van der Waals surface area contributed by atoms with Crippen molar-refractivity contribution in [2.24, 2.45) is 0 Å². The molecular formula is C17H21NO2. The van der Waals surface area contributed by atoms with Crippen LogP contribution < -0.4 is 10.1 Å². The van der Waals surface area contributed by atoms with E-state index in [1.165, 1.54) is 5.56 Å². The minimum Gasteiger partial charge on any atom is -0.487 e. The van der Waals surface area contributed by atoms with Crippen LogP contribution in [0.1, 0.15) is 50.6 Å². The molecular weight excluding hydrogens is 250 g/mol. The summed E-state index contributed by atoms with van der Waals surface area (Å²) in [7, 11) is 0. The summed E-state index contributed by atoms with van der Waals surface area (Å²) in [6, 6.07) is 12.6. The summed E-state index contributed by atoms with van der Waals surface area (Å²) in [5, 5.41) is 3.66. The Morgan fingerprint density at radius 1 is 1.20 bits per heavy atom. The molecule has 3 nitrogen and oxygen atoms in total. The van der Waals surface area contributed by atoms with E-state index in [-0.39, 0.29) is 17.7 Å². The molecule has 3 rings (SSSR count). The van der Waals surface area contributed by atoms with Crippen molar-refractivity contribution in [3.8, 4) is 5.75 Å². The number of para-hydroxylation sites is 1. The lowest BCUT2D eigenvalue weighted by atomic mass is 9.89. The van der Waals surface area contributed by atoms with Gasteiger partial charge in [0.25, 0.3) is 0 Å². The van der Waals surface area contributed by atoms with E-state index < -0.39 is 0 Å². The van der Waals surface area contributed by atoms with Gasteiger partial charge in [-0.15, -0.1) is 0 Å². The first-order valence-electron chi connectivity index (χ1n) is 7.12. The van der Waals surface area contributed by atoms with E-state index in [0.29, 0.717) is 0 Å². The second kappa shape index (κ2) is 4.98. The van der Waals surface area contributed by atoms with E-state index in [4.69, 9.17) is 9.15 Å². The fourth-order valence-electron chi connectivity index (χ4n) is 2.87. The Kier molecular flexibility index (Phi) is 3.30. The maximum Gasteiger partial charge on any atom is 0.124 e. The van der Waals surface area contributed by atoms with Gasteiger partial charge in [0.15, 0.2) is 0 Å². The Morgan fingerprint density at radius 2 is 2.00 bits per heavy atom. The summed E-state index contributed by atoms with van der Waals surface area (Å²) >= 11 is 0. The van der Waals surface area contributed by atoms with E-state index in [1.54, 1.807) is 6.26 Å². The van der Waals surface area contributed by atoms with Crippen molar-refractivity contribution >= 4 is 0 Å². The van der Waals surface area contributed by atoms with Gasteiger partial charge in [-0.3, -0.25) is 0 Å². The number of benzene rings is 1. The molecule has 0 aliphatic carbocycles. The van der Waals surface area contributed by atoms with Crippen molar-refractivity contribution < 1.29 is 9.15 Å². The Labute approximate surface area is 119 Å². The normalized spacial score (nSPS) is 21.9. The number of furan rings is 1. The third kappa shape index (κ3) is 2.59. The summed E-state index contributed by atoms with van der Waals surface area (Å²) in [6.07, 6.45) is 2.66. The maximum absolute atomic E-state index is 6.06. The van der Waals surface area contributed by atoms with Gasteiger partial charge in [0, 0.05) is 18.0 Å². The Morgan fingerprint density at radius 3 is 2.75 bits per heavy atom. The number of hydrogen-bond donors (Lipinski definition) is 1. The number of rotatable bonds is 3. The molecule has 20 heavy (non-hydrogen) atoms. The van der Waals surface area contributed by atoms with Gasteiger partial charge in [-0.2, -0.15) is 0 Å². The van der Waals surface area contributed by atoms with Gasteiger partial charge in [-0.1, -0.05) is 18.2 Å². The highest BCUT2D eigenvalue weighted by Gasteiger charge is 2.34. The molecule has 2 atom stereocenters. The van der Waals surface area contributed by atoms with E-state index in [2.05, 4.69) is 38.2 Å². The fraction of sp³-hybridized carbons (Fsp3) is 0.412. The van der Waals surface area contributed by atoms with Crippen LogP contribution in [0.25, 0.3) is 0 Å². The lowest BCUT2D eigenvalue weighted by molar-refractivity contribution is 0.0634. The largest absolute Gasteiger partial charge is 0.487 e. The molecule has 0 amide bonds. The zero-order valence-electron chi connectivity index (χ0n) is 12.2. The Hall–Kier alpha value is -1.74. The topological polar surface area (TPSA) is 34.4 Å². The first-order chi connectivity index (χ1) is 9.55. The van der Waals surface area contributed by atoms with Gasteiger partial charge in [-0.25, -0.2) is 0 Å². The standard InChI is InChI=1S/C17H21NO2/c1-12(15-9-6-10-19-15)18-14-11-17(2,3)20-16-8-5-4-7-13(14)16/h4-10,12,14,18H,11H2,1-3H3/t12-,14?/m0/s1. The molecule has 1 aromatic carbocycles. The van der Waals surface area contributed by atoms with Gasteiger partial charge in [0.1, 0.15) is 17.1 Å². The average Bonchev–Trinajstić information content (AvgIpc) is 2.91. The number of fused-ring (bicyclic) bond motifs is 1. The monoisotopic (exact) mass is 271 g/mol. The van der Waals surface area contributed by atoms with Gasteiger partial charge in [-0.05, 0) is 39.0 Å². The molecule has 1 aliphatic heterocycles. The van der Waals surface area contributed by atoms with Crippen molar-refractivity contribution in [2.45, 2.75) is 44.9 Å². The minimum atomic E-state index is -0.158. The van der Waals surface area contributed by atoms with Crippen LogP contribution in [-0.4, -0.2) is 5.60 Å². The predicted molar refractivity (Wildman–Crippen MR) is 78.8 cm³/mol. The highest BCUT2D eigenvalue weighted by Crippen LogP contribution is 2.40. The molecule has 0 bridgehead atoms. The van der Waals surface area contributed by atoms with Gasteiger partial charge in [0.05, 0.1) is 12.3 Å². The maximum atomic E-state index is 6.06. The predicted octanol–water partition coefficient (Wildman–Crippen LogP) is 4.23. The highest BCUT2D eigenvalue weighted by atomic mass is 16.5. The molecule has 0 saturated carbocycles. The van der Waals surface area contributed by atoms with Gasteiger partial charge >= 0.3 is 0 Å². The summed E-state index contributed by atoms with van der Waals surface area (Å²) in [4.78, 5) is 0. The molecule has 106 valence electrons. The first kappa shape index (κ1) is 13.3. The Bertz CT molecular complexity index is 574. The van der Waals surface area contributed by atoms with Gasteiger partial charge < -0.3 is 14.5 Å². The third-order valence-corrected chi connectivity index (χ3v) is 3.80. The fourth-order valence-corrected chi connectivity index (χ4v) is 2.87. The van der Waals surface area contributed by atoms with Crippen LogP contribution in [0.2, 0.25) is 0 Å². The number of nitrogens with one attached hydrogen (secondary N) is 1. The minimum absolute atomic E-state index is 0.158. The summed E-state index contributed by atoms with van der Waals surface area (Å²) in [5.41, 5.74) is 1.07. The van der Waals surface area contributed by atoms with Crippen molar-refractivity contribution in [2.75, 3.05) is 0 Å². The quantitative estimate of drug-likeness (QED) is 0.907. The molecule has 0 spiro atoms. The SMILES string of the molecule is C[C@H](NC1CC(C)(C)Oc2ccccc21)c1ccco1. The smallest absolute Gasteiger partial charge is 0.124 e. The molecule has 3 heteroatoms. The molecule has 0 radical (unpaired) electrons. The van der Waals surface area contributed by atoms with E-state index in [9.17, 15) is 0 Å². The molecule has 0 fully saturated rings. The first-order valence-corrected chi connectivity index (χ1v) is 7.12. The van der Waals surface area contributed by atoms with Crippen LogP contribution in [0.15, 0.2) is 47.1 Å². The molecule has 0 saturated heterocycles. The second-order valence-corrected chi connectivity index (χ2v) is 6.06. The van der Waals surface area contributed by atoms with Crippen LogP contribution in [0.5, 0.6) is 5.75 Å². The summed E-state index contributed by atoms with van der Waals surface area (Å²) in [5.74, 6) is 1.94. The zero-order chi connectivity index (χ0) is 14.2. The summed E-state index contributed by atoms with van der Waals surface area (Å²) < 4.78 is 11.5. The van der Waals surface area contributed by atoms with Crippen molar-refractivity contribution in [1.29, 1.82) is 0 Å². The lowest BCUT2D eigenvalue weighted by Crippen LogP contribution is -2.40. The van der Waals surface area contributed by atoms with E-state index >= 15 is 0 Å². The van der Waals surface area contributed by atoms with Crippen molar-refractivity contribution in [1.82, 2.24) is 5.32 Å². The van der Waals surface area contributed by atoms with Crippen LogP contribution in [0, 0.1) is 0 Å². The van der Waals surface area contributed by atoms with Crippen LogP contribution in [0.3, 0.4) is 0 Å². The number of hydrogen-bond acceptors (Lipinski definition) is 3. The van der Waals surface area contributed by atoms with E-state index in [0.717, 1.165) is 17.9 Å². The van der Waals surface area contributed by atoms with Gasteiger partial charge in [0.2, 0.25) is 0 Å². The zero-order valence-corrected chi connectivity index (χ0v) is 12.2. The molecule has 1 aromatic heterocycles. The molecule has 1 N–H and O–H groups in total. The van der Waals surface area contributed by atoms with Crippen LogP contribution in [0.4, 0.5) is 0 Å². The second-order valence-electron chi connectivity index (χ2n) is 6.06. The third-order valence-electron chi connectivity index (χ3n) is 3.80. The van der Waals surface area contributed by atoms with E-state index in [1.807, 2.05) is 24.3 Å². The van der Waals surface area contributed by atoms with Crippen molar-refractivity contribution in [3.05, 3.63) is 54.0 Å². The highest BCUT2D eigenvalue weighted by molar-refractivity contribution is 5.38. The Balaban J connectivity index is 1.85. The molecule has 1 aliphatic rings. The number of ether oxygens (including phenoxy) is 1. The van der Waals surface area contributed by atoms with Crippen LogP contribution >= 0.6 is 0 Å². The van der Waals surface area contributed by atoms with Crippen LogP contribution in [-0.2, 0) is 0 Å². The average molecular weight is 271 g/mol. The molecule has 1 unspecified atom stereocenters.